The lowest BCUT2D eigenvalue weighted by atomic mass is 10.2. The predicted octanol–water partition coefficient (Wildman–Crippen LogP) is 4.68. The van der Waals surface area contributed by atoms with Crippen molar-refractivity contribution in [2.75, 3.05) is 25.1 Å². The highest BCUT2D eigenvalue weighted by atomic mass is 32.1. The third-order valence-electron chi connectivity index (χ3n) is 4.75. The molecule has 1 aromatic heterocycles. The number of fused-ring (bicyclic) bond motifs is 1. The van der Waals surface area contributed by atoms with E-state index in [1.54, 1.807) is 6.08 Å². The Balaban J connectivity index is 1.34. The molecule has 2 heterocycles. The number of carbonyl (C=O) groups excluding carboxylic acids is 2. The summed E-state index contributed by atoms with van der Waals surface area (Å²) in [5, 5.41) is 13.8. The van der Waals surface area contributed by atoms with E-state index in [9.17, 15) is 19.7 Å². The standard InChI is InChI=1S/C24H20N2O7S/c27-23(25-18-13-20-21(14-19(18)26(29)30)32-12-4-11-31-20)15-33-24(28)10-8-17-7-9-22(34-17)16-5-2-1-3-6-16/h1-3,5-10,13-14H,4,11-12,15H2,(H,25,27)/b10-8+. The number of thiophene rings is 1. The van der Waals surface area contributed by atoms with Crippen LogP contribution < -0.4 is 14.8 Å². The number of nitro benzene ring substituents is 1. The Kier molecular flexibility index (Phi) is 7.19. The van der Waals surface area contributed by atoms with Gasteiger partial charge in [-0.1, -0.05) is 30.3 Å². The highest BCUT2D eigenvalue weighted by Crippen LogP contribution is 2.39. The summed E-state index contributed by atoms with van der Waals surface area (Å²) in [4.78, 5) is 37.0. The number of nitrogens with zero attached hydrogens (tertiary/aromatic N) is 1. The number of nitrogens with one attached hydrogen (secondary N) is 1. The molecule has 0 bridgehead atoms. The maximum Gasteiger partial charge on any atom is 0.331 e. The van der Waals surface area contributed by atoms with E-state index in [0.717, 1.165) is 15.3 Å². The molecule has 10 heteroatoms. The van der Waals surface area contributed by atoms with E-state index in [-0.39, 0.29) is 17.1 Å². The summed E-state index contributed by atoms with van der Waals surface area (Å²) >= 11 is 1.51. The van der Waals surface area contributed by atoms with Crippen molar-refractivity contribution in [2.45, 2.75) is 6.42 Å². The van der Waals surface area contributed by atoms with Gasteiger partial charge in [-0.3, -0.25) is 14.9 Å². The zero-order valence-electron chi connectivity index (χ0n) is 17.9. The van der Waals surface area contributed by atoms with Crippen LogP contribution in [0.5, 0.6) is 11.5 Å². The van der Waals surface area contributed by atoms with Gasteiger partial charge in [-0.15, -0.1) is 11.3 Å². The molecule has 1 aliphatic heterocycles. The van der Waals surface area contributed by atoms with Crippen molar-refractivity contribution in [1.82, 2.24) is 0 Å². The Morgan fingerprint density at radius 1 is 1.09 bits per heavy atom. The minimum absolute atomic E-state index is 0.0714. The van der Waals surface area contributed by atoms with Gasteiger partial charge in [-0.25, -0.2) is 4.79 Å². The first-order valence-corrected chi connectivity index (χ1v) is 11.2. The van der Waals surface area contributed by atoms with Crippen LogP contribution in [0.15, 0.2) is 60.7 Å². The van der Waals surface area contributed by atoms with Crippen LogP contribution in [0.2, 0.25) is 0 Å². The number of rotatable bonds is 7. The summed E-state index contributed by atoms with van der Waals surface area (Å²) in [6.45, 7) is 0.159. The quantitative estimate of drug-likeness (QED) is 0.226. The predicted molar refractivity (Wildman–Crippen MR) is 127 cm³/mol. The molecule has 1 aliphatic rings. The number of nitro groups is 1. The molecule has 0 saturated heterocycles. The molecule has 2 aromatic carbocycles. The molecule has 9 nitrogen and oxygen atoms in total. The summed E-state index contributed by atoms with van der Waals surface area (Å²) < 4.78 is 15.9. The van der Waals surface area contributed by atoms with Gasteiger partial charge in [0.15, 0.2) is 18.1 Å². The summed E-state index contributed by atoms with van der Waals surface area (Å²) in [7, 11) is 0. The maximum absolute atomic E-state index is 12.3. The minimum Gasteiger partial charge on any atom is -0.489 e. The molecule has 0 radical (unpaired) electrons. The normalized spacial score (nSPS) is 12.7. The number of anilines is 1. The fraction of sp³-hybridized carbons (Fsp3) is 0.167. The molecular weight excluding hydrogens is 460 g/mol. The third kappa shape index (κ3) is 5.78. The van der Waals surface area contributed by atoms with Crippen LogP contribution in [-0.4, -0.2) is 36.6 Å². The number of hydrogen-bond acceptors (Lipinski definition) is 8. The van der Waals surface area contributed by atoms with Crippen LogP contribution in [0, 0.1) is 10.1 Å². The Bertz CT molecular complexity index is 1240. The first-order chi connectivity index (χ1) is 16.5. The summed E-state index contributed by atoms with van der Waals surface area (Å²) in [5.41, 5.74) is 0.656. The zero-order chi connectivity index (χ0) is 23.9. The molecule has 34 heavy (non-hydrogen) atoms. The maximum atomic E-state index is 12.3. The second kappa shape index (κ2) is 10.6. The van der Waals surface area contributed by atoms with Gasteiger partial charge < -0.3 is 19.5 Å². The second-order valence-electron chi connectivity index (χ2n) is 7.18. The van der Waals surface area contributed by atoms with E-state index in [1.165, 1.54) is 29.5 Å². The van der Waals surface area contributed by atoms with Crippen molar-refractivity contribution in [2.24, 2.45) is 0 Å². The Morgan fingerprint density at radius 2 is 1.82 bits per heavy atom. The van der Waals surface area contributed by atoms with Crippen LogP contribution in [0.4, 0.5) is 11.4 Å². The van der Waals surface area contributed by atoms with Crippen molar-refractivity contribution in [3.05, 3.63) is 75.7 Å². The fourth-order valence-electron chi connectivity index (χ4n) is 3.17. The molecular formula is C24H20N2O7S. The highest BCUT2D eigenvalue weighted by Gasteiger charge is 2.23. The number of esters is 1. The van der Waals surface area contributed by atoms with E-state index in [2.05, 4.69) is 5.32 Å². The third-order valence-corrected chi connectivity index (χ3v) is 5.85. The Morgan fingerprint density at radius 3 is 2.56 bits per heavy atom. The van der Waals surface area contributed by atoms with Gasteiger partial charge in [0, 0.05) is 28.3 Å². The Hall–Kier alpha value is -4.18. The van der Waals surface area contributed by atoms with Crippen molar-refractivity contribution in [1.29, 1.82) is 0 Å². The number of ether oxygens (including phenoxy) is 3. The molecule has 3 aromatic rings. The van der Waals surface area contributed by atoms with E-state index in [1.807, 2.05) is 42.5 Å². The van der Waals surface area contributed by atoms with Gasteiger partial charge in [-0.2, -0.15) is 0 Å². The number of carbonyl (C=O) groups is 2. The van der Waals surface area contributed by atoms with E-state index in [4.69, 9.17) is 14.2 Å². The molecule has 0 saturated carbocycles. The summed E-state index contributed by atoms with van der Waals surface area (Å²) in [6.07, 6.45) is 3.46. The van der Waals surface area contributed by atoms with Gasteiger partial charge in [0.05, 0.1) is 24.2 Å². The highest BCUT2D eigenvalue weighted by molar-refractivity contribution is 7.16. The molecule has 4 rings (SSSR count). The Labute approximate surface area is 198 Å². The van der Waals surface area contributed by atoms with Crippen molar-refractivity contribution in [3.63, 3.8) is 0 Å². The largest absolute Gasteiger partial charge is 0.489 e. The van der Waals surface area contributed by atoms with Crippen molar-refractivity contribution in [3.8, 4) is 21.9 Å². The van der Waals surface area contributed by atoms with Gasteiger partial charge in [0.25, 0.3) is 11.6 Å². The van der Waals surface area contributed by atoms with E-state index < -0.39 is 23.4 Å². The molecule has 0 atom stereocenters. The zero-order valence-corrected chi connectivity index (χ0v) is 18.7. The van der Waals surface area contributed by atoms with Crippen molar-refractivity contribution >= 4 is 40.7 Å². The average molecular weight is 480 g/mol. The van der Waals surface area contributed by atoms with Crippen LogP contribution in [-0.2, 0) is 14.3 Å². The lowest BCUT2D eigenvalue weighted by molar-refractivity contribution is -0.384. The molecule has 1 amide bonds. The van der Waals surface area contributed by atoms with Gasteiger partial charge in [-0.05, 0) is 23.8 Å². The number of hydrogen-bond donors (Lipinski definition) is 1. The van der Waals surface area contributed by atoms with Crippen LogP contribution >= 0.6 is 11.3 Å². The summed E-state index contributed by atoms with van der Waals surface area (Å²) in [5.74, 6) is -0.897. The SMILES string of the molecule is O=C(COC(=O)/C=C/c1ccc(-c2ccccc2)s1)Nc1cc2c(cc1[N+](=O)[O-])OCCCO2. The molecule has 1 N–H and O–H groups in total. The van der Waals surface area contributed by atoms with Gasteiger partial charge in [0.1, 0.15) is 5.69 Å². The molecule has 0 spiro atoms. The molecule has 174 valence electrons. The first-order valence-electron chi connectivity index (χ1n) is 10.4. The average Bonchev–Trinajstić information content (AvgIpc) is 3.20. The summed E-state index contributed by atoms with van der Waals surface area (Å²) in [6, 6.07) is 16.2. The molecule has 0 aliphatic carbocycles. The van der Waals surface area contributed by atoms with Crippen LogP contribution in [0.25, 0.3) is 16.5 Å². The number of benzene rings is 2. The first kappa shape index (κ1) is 23.0. The fourth-order valence-corrected chi connectivity index (χ4v) is 4.09. The van der Waals surface area contributed by atoms with Crippen LogP contribution in [0.3, 0.4) is 0 Å². The second-order valence-corrected chi connectivity index (χ2v) is 8.30. The molecule has 0 fully saturated rings. The topological polar surface area (TPSA) is 117 Å². The van der Waals surface area contributed by atoms with Gasteiger partial charge >= 0.3 is 5.97 Å². The van der Waals surface area contributed by atoms with Crippen molar-refractivity contribution < 1.29 is 28.7 Å². The molecule has 0 unspecified atom stereocenters. The van der Waals surface area contributed by atoms with E-state index >= 15 is 0 Å². The lowest BCUT2D eigenvalue weighted by Gasteiger charge is -2.11. The smallest absolute Gasteiger partial charge is 0.331 e. The van der Waals surface area contributed by atoms with Gasteiger partial charge in [0.2, 0.25) is 0 Å². The lowest BCUT2D eigenvalue weighted by Crippen LogP contribution is -2.20. The monoisotopic (exact) mass is 480 g/mol. The number of amides is 1. The van der Waals surface area contributed by atoms with Crippen LogP contribution in [0.1, 0.15) is 11.3 Å². The minimum atomic E-state index is -0.721. The van der Waals surface area contributed by atoms with E-state index in [0.29, 0.717) is 25.4 Å².